The highest BCUT2D eigenvalue weighted by Crippen LogP contribution is 2.29. The van der Waals surface area contributed by atoms with Crippen LogP contribution in [0.5, 0.6) is 0 Å². The van der Waals surface area contributed by atoms with Crippen LogP contribution in [0.1, 0.15) is 23.7 Å². The van der Waals surface area contributed by atoms with Crippen LogP contribution < -0.4 is 4.90 Å². The number of carbonyl (C=O) groups is 4. The van der Waals surface area contributed by atoms with Gasteiger partial charge >= 0.3 is 5.97 Å². The lowest BCUT2D eigenvalue weighted by Gasteiger charge is -2.15. The van der Waals surface area contributed by atoms with Crippen LogP contribution in [-0.2, 0) is 14.4 Å². The highest BCUT2D eigenvalue weighted by molar-refractivity contribution is 8.01. The average molecular weight is 307 g/mol. The molecule has 1 unspecified atom stereocenters. The number of imide groups is 1. The molecule has 0 aromatic heterocycles. The molecule has 1 aromatic carbocycles. The Balaban J connectivity index is 2.16. The molecule has 1 aliphatic rings. The lowest BCUT2D eigenvalue weighted by Crippen LogP contribution is -2.31. The minimum atomic E-state index is -1.02. The maximum Gasteiger partial charge on any atom is 0.313 e. The van der Waals surface area contributed by atoms with Gasteiger partial charge in [-0.15, -0.1) is 11.8 Å². The van der Waals surface area contributed by atoms with Crippen LogP contribution in [0.2, 0.25) is 0 Å². The molecule has 1 aromatic rings. The van der Waals surface area contributed by atoms with Crippen molar-refractivity contribution in [1.82, 2.24) is 0 Å². The first-order valence-electron chi connectivity index (χ1n) is 6.21. The van der Waals surface area contributed by atoms with Gasteiger partial charge in [0.05, 0.1) is 16.7 Å². The van der Waals surface area contributed by atoms with Crippen LogP contribution in [0, 0.1) is 0 Å². The van der Waals surface area contributed by atoms with Crippen molar-refractivity contribution >= 4 is 41.0 Å². The van der Waals surface area contributed by atoms with E-state index in [4.69, 9.17) is 5.11 Å². The number of anilines is 1. The maximum absolute atomic E-state index is 12.2. The molecule has 1 N–H and O–H groups in total. The molecule has 21 heavy (non-hydrogen) atoms. The molecule has 1 fully saturated rings. The molecule has 1 atom stereocenters. The molecule has 110 valence electrons. The van der Waals surface area contributed by atoms with Gasteiger partial charge in [0.1, 0.15) is 0 Å². The van der Waals surface area contributed by atoms with Gasteiger partial charge in [-0.3, -0.25) is 19.2 Å². The van der Waals surface area contributed by atoms with Crippen molar-refractivity contribution in [2.45, 2.75) is 18.6 Å². The van der Waals surface area contributed by atoms with Gasteiger partial charge in [-0.05, 0) is 31.2 Å². The fourth-order valence-corrected chi connectivity index (χ4v) is 2.87. The molecule has 0 aliphatic carbocycles. The zero-order chi connectivity index (χ0) is 15.6. The number of hydrogen-bond acceptors (Lipinski definition) is 5. The number of carboxylic acids is 1. The summed E-state index contributed by atoms with van der Waals surface area (Å²) >= 11 is 0.945. The van der Waals surface area contributed by atoms with Crippen LogP contribution in [-0.4, -0.2) is 39.7 Å². The van der Waals surface area contributed by atoms with E-state index in [1.807, 2.05) is 0 Å². The highest BCUT2D eigenvalue weighted by Gasteiger charge is 2.40. The van der Waals surface area contributed by atoms with E-state index in [1.54, 1.807) is 12.1 Å². The molecule has 1 saturated heterocycles. The third-order valence-electron chi connectivity index (χ3n) is 3.05. The van der Waals surface area contributed by atoms with Crippen molar-refractivity contribution in [1.29, 1.82) is 0 Å². The number of nitrogens with zero attached hydrogens (tertiary/aromatic N) is 1. The quantitative estimate of drug-likeness (QED) is 0.652. The van der Waals surface area contributed by atoms with Crippen molar-refractivity contribution in [3.63, 3.8) is 0 Å². The maximum atomic E-state index is 12.2. The van der Waals surface area contributed by atoms with Crippen molar-refractivity contribution in [3.8, 4) is 0 Å². The van der Waals surface area contributed by atoms with E-state index in [0.717, 1.165) is 16.7 Å². The lowest BCUT2D eigenvalue weighted by atomic mass is 10.1. The fourth-order valence-electron chi connectivity index (χ4n) is 2.02. The number of thioether (sulfide) groups is 1. The van der Waals surface area contributed by atoms with Crippen molar-refractivity contribution in [2.75, 3.05) is 10.7 Å². The first kappa shape index (κ1) is 15.2. The number of aliphatic carboxylic acids is 1. The fraction of sp³-hybridized carbons (Fsp3) is 0.286. The first-order valence-corrected chi connectivity index (χ1v) is 7.26. The van der Waals surface area contributed by atoms with E-state index in [0.29, 0.717) is 11.3 Å². The van der Waals surface area contributed by atoms with E-state index in [2.05, 4.69) is 0 Å². The van der Waals surface area contributed by atoms with Crippen LogP contribution in [0.25, 0.3) is 0 Å². The summed E-state index contributed by atoms with van der Waals surface area (Å²) in [6.45, 7) is 1.43. The summed E-state index contributed by atoms with van der Waals surface area (Å²) in [7, 11) is 0. The number of carboxylic acid groups (broad SMARTS) is 1. The Morgan fingerprint density at radius 3 is 2.43 bits per heavy atom. The van der Waals surface area contributed by atoms with Gasteiger partial charge in [0.25, 0.3) is 0 Å². The van der Waals surface area contributed by atoms with E-state index in [1.165, 1.54) is 19.1 Å². The predicted molar refractivity (Wildman–Crippen MR) is 77.4 cm³/mol. The molecule has 1 aliphatic heterocycles. The normalized spacial score (nSPS) is 18.1. The van der Waals surface area contributed by atoms with Gasteiger partial charge < -0.3 is 5.11 Å². The molecule has 6 nitrogen and oxygen atoms in total. The number of amides is 2. The number of benzene rings is 1. The van der Waals surface area contributed by atoms with Gasteiger partial charge in [-0.2, -0.15) is 0 Å². The van der Waals surface area contributed by atoms with Gasteiger partial charge in [0.2, 0.25) is 11.8 Å². The van der Waals surface area contributed by atoms with Crippen LogP contribution in [0.3, 0.4) is 0 Å². The van der Waals surface area contributed by atoms with Gasteiger partial charge in [0, 0.05) is 12.0 Å². The predicted octanol–water partition coefficient (Wildman–Crippen LogP) is 1.34. The van der Waals surface area contributed by atoms with Crippen LogP contribution in [0.15, 0.2) is 24.3 Å². The number of carbonyl (C=O) groups excluding carboxylic acids is 3. The smallest absolute Gasteiger partial charge is 0.313 e. The Kier molecular flexibility index (Phi) is 4.42. The first-order chi connectivity index (χ1) is 9.90. The summed E-state index contributed by atoms with van der Waals surface area (Å²) < 4.78 is 0. The number of ketones is 1. The Morgan fingerprint density at radius 2 is 1.90 bits per heavy atom. The molecule has 7 heteroatoms. The summed E-state index contributed by atoms with van der Waals surface area (Å²) in [5, 5.41) is 7.96. The van der Waals surface area contributed by atoms with Crippen molar-refractivity contribution in [3.05, 3.63) is 29.8 Å². The third-order valence-corrected chi connectivity index (χ3v) is 4.23. The van der Waals surface area contributed by atoms with Gasteiger partial charge in [-0.25, -0.2) is 4.90 Å². The van der Waals surface area contributed by atoms with Crippen molar-refractivity contribution < 1.29 is 24.3 Å². The molecule has 0 bridgehead atoms. The standard InChI is InChI=1S/C14H13NO5S/c1-8(16)9-2-4-10(5-3-9)15-12(17)6-11(14(15)20)21-7-13(18)19/h2-5,11H,6-7H2,1H3,(H,18,19). The summed E-state index contributed by atoms with van der Waals surface area (Å²) in [5.41, 5.74) is 0.892. The number of hydrogen-bond donors (Lipinski definition) is 1. The SMILES string of the molecule is CC(=O)c1ccc(N2C(=O)CC(SCC(=O)O)C2=O)cc1. The second kappa shape index (κ2) is 6.09. The zero-order valence-corrected chi connectivity index (χ0v) is 12.1. The molecular formula is C14H13NO5S. The topological polar surface area (TPSA) is 91.8 Å². The lowest BCUT2D eigenvalue weighted by molar-refractivity contribution is -0.134. The monoisotopic (exact) mass is 307 g/mol. The second-order valence-corrected chi connectivity index (χ2v) is 5.76. The van der Waals surface area contributed by atoms with E-state index in [9.17, 15) is 19.2 Å². The summed E-state index contributed by atoms with van der Waals surface area (Å²) in [4.78, 5) is 46.9. The number of Topliss-reactive ketones (excluding diaryl/α,β-unsaturated/α-hetero) is 1. The molecule has 2 amide bonds. The van der Waals surface area contributed by atoms with E-state index < -0.39 is 17.1 Å². The summed E-state index contributed by atoms with van der Waals surface area (Å²) in [5.74, 6) is -2.12. The van der Waals surface area contributed by atoms with Crippen molar-refractivity contribution in [2.24, 2.45) is 0 Å². The molecule has 0 radical (unpaired) electrons. The molecule has 0 saturated carbocycles. The molecule has 0 spiro atoms. The average Bonchev–Trinajstić information content (AvgIpc) is 2.71. The molecule has 1 heterocycles. The highest BCUT2D eigenvalue weighted by atomic mass is 32.2. The van der Waals surface area contributed by atoms with Crippen LogP contribution >= 0.6 is 11.8 Å². The minimum absolute atomic E-state index is 0.00869. The second-order valence-electron chi connectivity index (χ2n) is 4.57. The van der Waals surface area contributed by atoms with Gasteiger partial charge in [0.15, 0.2) is 5.78 Å². The minimum Gasteiger partial charge on any atom is -0.481 e. The zero-order valence-electron chi connectivity index (χ0n) is 11.2. The molecular weight excluding hydrogens is 294 g/mol. The molecule has 2 rings (SSSR count). The van der Waals surface area contributed by atoms with Crippen LogP contribution in [0.4, 0.5) is 5.69 Å². The Labute approximate surface area is 125 Å². The van der Waals surface area contributed by atoms with E-state index in [-0.39, 0.29) is 23.9 Å². The van der Waals surface area contributed by atoms with Gasteiger partial charge in [-0.1, -0.05) is 0 Å². The summed E-state index contributed by atoms with van der Waals surface area (Å²) in [6.07, 6.45) is -0.00869. The van der Waals surface area contributed by atoms with E-state index >= 15 is 0 Å². The third kappa shape index (κ3) is 3.30. The number of rotatable bonds is 5. The largest absolute Gasteiger partial charge is 0.481 e. The Bertz CT molecular complexity index is 610. The summed E-state index contributed by atoms with van der Waals surface area (Å²) in [6, 6.07) is 6.18. The Hall–Kier alpha value is -2.15. The Morgan fingerprint density at radius 1 is 1.29 bits per heavy atom.